The van der Waals surface area contributed by atoms with Gasteiger partial charge in [0.05, 0.1) is 5.92 Å². The first-order valence-corrected chi connectivity index (χ1v) is 6.82. The molecule has 5 heteroatoms. The van der Waals surface area contributed by atoms with E-state index in [1.807, 2.05) is 0 Å². The molecule has 2 rings (SSSR count). The van der Waals surface area contributed by atoms with Crippen molar-refractivity contribution in [3.8, 4) is 0 Å². The summed E-state index contributed by atoms with van der Waals surface area (Å²) in [6.07, 6.45) is 3.21. The smallest absolute Gasteiger partial charge is 0.237 e. The number of ether oxygens (including phenoxy) is 1. The highest BCUT2D eigenvalue weighted by atomic mass is 16.5. The van der Waals surface area contributed by atoms with Gasteiger partial charge in [-0.1, -0.05) is 32.3 Å². The summed E-state index contributed by atoms with van der Waals surface area (Å²) < 4.78 is 10.7. The summed E-state index contributed by atoms with van der Waals surface area (Å²) >= 11 is 0. The Kier molecular flexibility index (Phi) is 4.04. The molecule has 0 radical (unpaired) electrons. The van der Waals surface area contributed by atoms with Crippen LogP contribution in [0.3, 0.4) is 0 Å². The normalized spacial score (nSPS) is 22.5. The Morgan fingerprint density at radius 1 is 1.37 bits per heavy atom. The average Bonchev–Trinajstić information content (AvgIpc) is 2.78. The van der Waals surface area contributed by atoms with Crippen molar-refractivity contribution in [2.45, 2.75) is 58.5 Å². The second-order valence-electron chi connectivity index (χ2n) is 6.24. The lowest BCUT2D eigenvalue weighted by Crippen LogP contribution is -2.22. The molecule has 2 atom stereocenters. The first-order chi connectivity index (χ1) is 8.93. The maximum atomic E-state index is 11.9. The zero-order valence-electron chi connectivity index (χ0n) is 12.1. The third-order valence-corrected chi connectivity index (χ3v) is 3.57. The van der Waals surface area contributed by atoms with Crippen molar-refractivity contribution in [3.63, 3.8) is 0 Å². The monoisotopic (exact) mass is 266 g/mol. The van der Waals surface area contributed by atoms with Gasteiger partial charge in [-0.2, -0.15) is 4.98 Å². The lowest BCUT2D eigenvalue weighted by atomic mass is 9.87. The predicted molar refractivity (Wildman–Crippen MR) is 69.7 cm³/mol. The maximum Gasteiger partial charge on any atom is 0.237 e. The Morgan fingerprint density at radius 2 is 2.11 bits per heavy atom. The molecule has 1 aromatic heterocycles. The molecule has 0 aromatic carbocycles. The van der Waals surface area contributed by atoms with Crippen LogP contribution in [0.25, 0.3) is 0 Å². The van der Waals surface area contributed by atoms with Crippen LogP contribution in [0, 0.1) is 5.41 Å². The molecule has 0 N–H and O–H groups in total. The highest BCUT2D eigenvalue weighted by Crippen LogP contribution is 2.35. The van der Waals surface area contributed by atoms with Gasteiger partial charge in [-0.05, 0) is 18.3 Å². The Morgan fingerprint density at radius 3 is 2.68 bits per heavy atom. The van der Waals surface area contributed by atoms with E-state index in [9.17, 15) is 4.79 Å². The molecule has 1 saturated carbocycles. The van der Waals surface area contributed by atoms with Crippen LogP contribution >= 0.6 is 0 Å². The molecule has 1 aliphatic rings. The lowest BCUT2D eigenvalue weighted by Gasteiger charge is -2.26. The van der Waals surface area contributed by atoms with Gasteiger partial charge < -0.3 is 9.26 Å². The minimum absolute atomic E-state index is 0.119. The number of nitrogens with zero attached hydrogens (tertiary/aromatic N) is 2. The first kappa shape index (κ1) is 14.2. The topological polar surface area (TPSA) is 65.2 Å². The fourth-order valence-corrected chi connectivity index (χ4v) is 2.59. The third-order valence-electron chi connectivity index (χ3n) is 3.57. The largest absolute Gasteiger partial charge is 0.373 e. The number of rotatable bonds is 3. The summed E-state index contributed by atoms with van der Waals surface area (Å²) in [5.41, 5.74) is -0.119. The number of aromatic nitrogens is 2. The highest BCUT2D eigenvalue weighted by Gasteiger charge is 2.34. The molecule has 0 spiro atoms. The molecule has 106 valence electrons. The van der Waals surface area contributed by atoms with E-state index >= 15 is 0 Å². The van der Waals surface area contributed by atoms with E-state index in [0.717, 1.165) is 19.3 Å². The molecule has 2 unspecified atom stereocenters. The third kappa shape index (κ3) is 3.03. The number of carbonyl (C=O) groups is 1. The van der Waals surface area contributed by atoms with E-state index in [2.05, 4.69) is 30.9 Å². The molecule has 0 bridgehead atoms. The molecule has 1 aliphatic carbocycles. The van der Waals surface area contributed by atoms with E-state index in [4.69, 9.17) is 9.26 Å². The van der Waals surface area contributed by atoms with Crippen molar-refractivity contribution in [2.24, 2.45) is 5.41 Å². The Bertz CT molecular complexity index is 448. The quantitative estimate of drug-likeness (QED) is 0.841. The van der Waals surface area contributed by atoms with Gasteiger partial charge in [-0.3, -0.25) is 4.79 Å². The van der Waals surface area contributed by atoms with Gasteiger partial charge in [0.2, 0.25) is 11.7 Å². The SMILES string of the molecule is COC(c1noc(C2CCCCC2=O)n1)C(C)(C)C. The molecule has 0 aliphatic heterocycles. The molecule has 0 saturated heterocycles. The summed E-state index contributed by atoms with van der Waals surface area (Å²) in [6.45, 7) is 6.18. The van der Waals surface area contributed by atoms with Crippen LogP contribution in [0.2, 0.25) is 0 Å². The van der Waals surface area contributed by atoms with Crippen LogP contribution in [0.1, 0.15) is 70.2 Å². The van der Waals surface area contributed by atoms with Crippen molar-refractivity contribution >= 4 is 5.78 Å². The Balaban J connectivity index is 2.20. The van der Waals surface area contributed by atoms with Gasteiger partial charge in [0.1, 0.15) is 11.9 Å². The van der Waals surface area contributed by atoms with Gasteiger partial charge >= 0.3 is 0 Å². The van der Waals surface area contributed by atoms with Crippen molar-refractivity contribution in [3.05, 3.63) is 11.7 Å². The van der Waals surface area contributed by atoms with Crippen LogP contribution in [-0.2, 0) is 9.53 Å². The van der Waals surface area contributed by atoms with Crippen LogP contribution in [0.4, 0.5) is 0 Å². The number of hydrogen-bond donors (Lipinski definition) is 0. The summed E-state index contributed by atoms with van der Waals surface area (Å²) in [5.74, 6) is 0.980. The summed E-state index contributed by atoms with van der Waals surface area (Å²) in [7, 11) is 1.64. The predicted octanol–water partition coefficient (Wildman–Crippen LogP) is 3.03. The minimum Gasteiger partial charge on any atom is -0.373 e. The van der Waals surface area contributed by atoms with E-state index < -0.39 is 0 Å². The molecule has 0 amide bonds. The van der Waals surface area contributed by atoms with Crippen molar-refractivity contribution in [2.75, 3.05) is 7.11 Å². The number of Topliss-reactive ketones (excluding diaryl/α,β-unsaturated/α-hetero) is 1. The van der Waals surface area contributed by atoms with E-state index in [1.54, 1.807) is 7.11 Å². The minimum atomic E-state index is -0.233. The molecule has 5 nitrogen and oxygen atoms in total. The molecule has 1 fully saturated rings. The van der Waals surface area contributed by atoms with Gasteiger partial charge in [0, 0.05) is 13.5 Å². The first-order valence-electron chi connectivity index (χ1n) is 6.82. The average molecular weight is 266 g/mol. The lowest BCUT2D eigenvalue weighted by molar-refractivity contribution is -0.122. The number of carbonyl (C=O) groups excluding carboxylic acids is 1. The van der Waals surface area contributed by atoms with E-state index in [-0.39, 0.29) is 23.2 Å². The van der Waals surface area contributed by atoms with Crippen LogP contribution < -0.4 is 0 Å². The van der Waals surface area contributed by atoms with Crippen LogP contribution in [0.5, 0.6) is 0 Å². The van der Waals surface area contributed by atoms with Gasteiger partial charge in [-0.25, -0.2) is 0 Å². The molecule has 19 heavy (non-hydrogen) atoms. The van der Waals surface area contributed by atoms with Gasteiger partial charge in [0.25, 0.3) is 0 Å². The molecular weight excluding hydrogens is 244 g/mol. The summed E-state index contributed by atoms with van der Waals surface area (Å²) in [5, 5.41) is 4.00. The summed E-state index contributed by atoms with van der Waals surface area (Å²) in [4.78, 5) is 16.3. The fourth-order valence-electron chi connectivity index (χ4n) is 2.59. The van der Waals surface area contributed by atoms with E-state index in [1.165, 1.54) is 0 Å². The molecule has 1 aromatic rings. The number of hydrogen-bond acceptors (Lipinski definition) is 5. The molecule has 1 heterocycles. The van der Waals surface area contributed by atoms with Crippen molar-refractivity contribution in [1.82, 2.24) is 10.1 Å². The fraction of sp³-hybridized carbons (Fsp3) is 0.786. The zero-order valence-corrected chi connectivity index (χ0v) is 12.1. The zero-order chi connectivity index (χ0) is 14.0. The van der Waals surface area contributed by atoms with Crippen molar-refractivity contribution < 1.29 is 14.1 Å². The van der Waals surface area contributed by atoms with Gasteiger partial charge in [-0.15, -0.1) is 0 Å². The second kappa shape index (κ2) is 5.41. The standard InChI is InChI=1S/C14H22N2O3/c1-14(2,3)11(18-4)12-15-13(19-16-12)9-7-5-6-8-10(9)17/h9,11H,5-8H2,1-4H3. The highest BCUT2D eigenvalue weighted by molar-refractivity contribution is 5.85. The number of ketones is 1. The Hall–Kier alpha value is -1.23. The number of methoxy groups -OCH3 is 1. The Labute approximate surface area is 113 Å². The van der Waals surface area contributed by atoms with Crippen LogP contribution in [0.15, 0.2) is 4.52 Å². The van der Waals surface area contributed by atoms with Crippen molar-refractivity contribution in [1.29, 1.82) is 0 Å². The second-order valence-corrected chi connectivity index (χ2v) is 6.24. The van der Waals surface area contributed by atoms with E-state index in [0.29, 0.717) is 18.1 Å². The van der Waals surface area contributed by atoms with Crippen LogP contribution in [-0.4, -0.2) is 23.0 Å². The van der Waals surface area contributed by atoms with Gasteiger partial charge in [0.15, 0.2) is 0 Å². The molecular formula is C14H22N2O3. The maximum absolute atomic E-state index is 11.9. The summed E-state index contributed by atoms with van der Waals surface area (Å²) in [6, 6.07) is 0.